The number of hydrogen-bond donors (Lipinski definition) is 2. The van der Waals surface area contributed by atoms with Crippen molar-refractivity contribution in [1.82, 2.24) is 15.0 Å². The van der Waals surface area contributed by atoms with Crippen LogP contribution in [-0.4, -0.2) is 15.0 Å². The molecule has 2 heterocycles. The van der Waals surface area contributed by atoms with Crippen LogP contribution in [0, 0.1) is 11.3 Å². The molecule has 84 valence electrons. The van der Waals surface area contributed by atoms with Crippen LogP contribution >= 0.6 is 0 Å². The lowest BCUT2D eigenvalue weighted by Gasteiger charge is -2.08. The molecule has 2 rings (SSSR count). The summed E-state index contributed by atoms with van der Waals surface area (Å²) < 4.78 is 0. The molecule has 0 fully saturated rings. The number of nitrogens with two attached hydrogens (primary N) is 1. The van der Waals surface area contributed by atoms with E-state index in [1.54, 1.807) is 18.3 Å². The first-order valence-corrected chi connectivity index (χ1v) is 4.94. The maximum atomic E-state index is 8.82. The highest BCUT2D eigenvalue weighted by Gasteiger charge is 2.05. The maximum Gasteiger partial charge on any atom is 0.150 e. The van der Waals surface area contributed by atoms with Gasteiger partial charge >= 0.3 is 0 Å². The minimum Gasteiger partial charge on any atom is -0.395 e. The smallest absolute Gasteiger partial charge is 0.150 e. The fourth-order valence-corrected chi connectivity index (χ4v) is 1.31. The molecule has 3 N–H and O–H groups in total. The van der Waals surface area contributed by atoms with E-state index in [0.717, 1.165) is 5.69 Å². The molecule has 0 aromatic carbocycles. The maximum absolute atomic E-state index is 8.82. The van der Waals surface area contributed by atoms with Crippen LogP contribution in [0.1, 0.15) is 11.3 Å². The van der Waals surface area contributed by atoms with Crippen LogP contribution < -0.4 is 11.1 Å². The molecule has 6 nitrogen and oxygen atoms in total. The summed E-state index contributed by atoms with van der Waals surface area (Å²) in [4.78, 5) is 12.0. The Kier molecular flexibility index (Phi) is 3.12. The molecule has 0 radical (unpaired) electrons. The molecule has 0 saturated carbocycles. The third-order valence-corrected chi connectivity index (χ3v) is 2.19. The predicted molar refractivity (Wildman–Crippen MR) is 62.7 cm³/mol. The van der Waals surface area contributed by atoms with Gasteiger partial charge in [-0.15, -0.1) is 0 Å². The highest BCUT2D eigenvalue weighted by atomic mass is 15.0. The van der Waals surface area contributed by atoms with E-state index in [1.807, 2.05) is 6.07 Å². The Balaban J connectivity index is 2.13. The van der Waals surface area contributed by atoms with Crippen molar-refractivity contribution in [3.05, 3.63) is 42.1 Å². The van der Waals surface area contributed by atoms with E-state index in [-0.39, 0.29) is 0 Å². The first kappa shape index (κ1) is 10.8. The molecule has 0 atom stereocenters. The standard InChI is InChI=1S/C11H10N6/c12-5-8-1-4-15-11(10(8)13)16-6-9-2-3-14-7-17-9/h1-4,7H,6,13H2,(H,15,16). The van der Waals surface area contributed by atoms with Crippen LogP contribution in [0.5, 0.6) is 0 Å². The van der Waals surface area contributed by atoms with Crippen molar-refractivity contribution in [3.63, 3.8) is 0 Å². The van der Waals surface area contributed by atoms with E-state index < -0.39 is 0 Å². The van der Waals surface area contributed by atoms with Crippen molar-refractivity contribution < 1.29 is 0 Å². The summed E-state index contributed by atoms with van der Waals surface area (Å²) in [7, 11) is 0. The Labute approximate surface area is 98.2 Å². The second-order valence-electron chi connectivity index (χ2n) is 3.29. The van der Waals surface area contributed by atoms with Crippen molar-refractivity contribution in [2.24, 2.45) is 0 Å². The fraction of sp³-hybridized carbons (Fsp3) is 0.0909. The number of pyridine rings is 1. The van der Waals surface area contributed by atoms with Gasteiger partial charge in [-0.3, -0.25) is 0 Å². The topological polar surface area (TPSA) is 101 Å². The van der Waals surface area contributed by atoms with E-state index in [1.165, 1.54) is 12.5 Å². The number of nitrogens with one attached hydrogen (secondary N) is 1. The Hall–Kier alpha value is -2.68. The molecule has 0 aliphatic rings. The molecule has 0 spiro atoms. The van der Waals surface area contributed by atoms with E-state index in [9.17, 15) is 0 Å². The lowest BCUT2D eigenvalue weighted by Crippen LogP contribution is -2.06. The van der Waals surface area contributed by atoms with Crippen LogP contribution in [0.3, 0.4) is 0 Å². The SMILES string of the molecule is N#Cc1ccnc(NCc2ccncn2)c1N. The largest absolute Gasteiger partial charge is 0.395 e. The molecule has 2 aromatic rings. The van der Waals surface area contributed by atoms with Gasteiger partial charge in [0.25, 0.3) is 0 Å². The fourth-order valence-electron chi connectivity index (χ4n) is 1.31. The van der Waals surface area contributed by atoms with Crippen molar-refractivity contribution in [2.75, 3.05) is 11.1 Å². The highest BCUT2D eigenvalue weighted by molar-refractivity contribution is 5.68. The second kappa shape index (κ2) is 4.90. The summed E-state index contributed by atoms with van der Waals surface area (Å²) in [6.45, 7) is 0.481. The van der Waals surface area contributed by atoms with Gasteiger partial charge in [0.05, 0.1) is 23.5 Å². The number of anilines is 2. The molecular formula is C11H10N6. The summed E-state index contributed by atoms with van der Waals surface area (Å²) >= 11 is 0. The van der Waals surface area contributed by atoms with Gasteiger partial charge in [0.2, 0.25) is 0 Å². The molecule has 17 heavy (non-hydrogen) atoms. The van der Waals surface area contributed by atoms with Gasteiger partial charge in [-0.05, 0) is 12.1 Å². The summed E-state index contributed by atoms with van der Waals surface area (Å²) in [6, 6.07) is 5.37. The number of nitrogen functional groups attached to an aromatic ring is 1. The minimum absolute atomic E-state index is 0.351. The first-order valence-electron chi connectivity index (χ1n) is 4.94. The second-order valence-corrected chi connectivity index (χ2v) is 3.29. The van der Waals surface area contributed by atoms with Crippen molar-refractivity contribution in [3.8, 4) is 6.07 Å². The third kappa shape index (κ3) is 2.46. The lowest BCUT2D eigenvalue weighted by atomic mass is 10.2. The molecule has 0 saturated heterocycles. The molecule has 0 bridgehead atoms. The van der Waals surface area contributed by atoms with Crippen LogP contribution in [0.15, 0.2) is 30.9 Å². The molecule has 0 aliphatic heterocycles. The van der Waals surface area contributed by atoms with Gasteiger partial charge in [-0.1, -0.05) is 0 Å². The molecule has 0 amide bonds. The van der Waals surface area contributed by atoms with E-state index in [0.29, 0.717) is 23.6 Å². The van der Waals surface area contributed by atoms with Gasteiger partial charge in [0.1, 0.15) is 12.4 Å². The van der Waals surface area contributed by atoms with Gasteiger partial charge in [0, 0.05) is 12.4 Å². The number of aromatic nitrogens is 3. The van der Waals surface area contributed by atoms with Crippen LogP contribution in [-0.2, 0) is 6.54 Å². The predicted octanol–water partition coefficient (Wildman–Crippen LogP) is 0.938. The van der Waals surface area contributed by atoms with Gasteiger partial charge in [-0.2, -0.15) is 5.26 Å². The van der Waals surface area contributed by atoms with E-state index >= 15 is 0 Å². The van der Waals surface area contributed by atoms with Gasteiger partial charge < -0.3 is 11.1 Å². The average molecular weight is 226 g/mol. The third-order valence-electron chi connectivity index (χ3n) is 2.19. The molecule has 0 unspecified atom stereocenters. The highest BCUT2D eigenvalue weighted by Crippen LogP contribution is 2.19. The lowest BCUT2D eigenvalue weighted by molar-refractivity contribution is 0.997. The van der Waals surface area contributed by atoms with E-state index in [4.69, 9.17) is 11.0 Å². The summed E-state index contributed by atoms with van der Waals surface area (Å²) in [5.41, 5.74) is 7.36. The zero-order valence-electron chi connectivity index (χ0n) is 8.96. The molecule has 6 heteroatoms. The van der Waals surface area contributed by atoms with Gasteiger partial charge in [0.15, 0.2) is 5.82 Å². The summed E-state index contributed by atoms with van der Waals surface area (Å²) in [6.07, 6.45) is 4.67. The Morgan fingerprint density at radius 1 is 1.29 bits per heavy atom. The number of hydrogen-bond acceptors (Lipinski definition) is 6. The minimum atomic E-state index is 0.351. The molecular weight excluding hydrogens is 216 g/mol. The average Bonchev–Trinajstić information content (AvgIpc) is 2.39. The Morgan fingerprint density at radius 3 is 2.88 bits per heavy atom. The van der Waals surface area contributed by atoms with E-state index in [2.05, 4.69) is 20.3 Å². The summed E-state index contributed by atoms with van der Waals surface area (Å²) in [5.74, 6) is 0.489. The van der Waals surface area contributed by atoms with Crippen LogP contribution in [0.25, 0.3) is 0 Å². The van der Waals surface area contributed by atoms with Gasteiger partial charge in [-0.25, -0.2) is 15.0 Å². The Morgan fingerprint density at radius 2 is 2.18 bits per heavy atom. The zero-order chi connectivity index (χ0) is 12.1. The van der Waals surface area contributed by atoms with Crippen molar-refractivity contribution in [2.45, 2.75) is 6.54 Å². The van der Waals surface area contributed by atoms with Crippen LogP contribution in [0.4, 0.5) is 11.5 Å². The normalized spacial score (nSPS) is 9.59. The monoisotopic (exact) mass is 226 g/mol. The number of nitrogens with zero attached hydrogens (tertiary/aromatic N) is 4. The quantitative estimate of drug-likeness (QED) is 0.807. The van der Waals surface area contributed by atoms with Crippen LogP contribution in [0.2, 0.25) is 0 Å². The first-order chi connectivity index (χ1) is 8.31. The number of nitriles is 1. The Bertz CT molecular complexity index is 546. The number of rotatable bonds is 3. The van der Waals surface area contributed by atoms with Crippen molar-refractivity contribution in [1.29, 1.82) is 5.26 Å². The zero-order valence-corrected chi connectivity index (χ0v) is 8.96. The molecule has 0 aliphatic carbocycles. The van der Waals surface area contributed by atoms with Crippen molar-refractivity contribution >= 4 is 11.5 Å². The summed E-state index contributed by atoms with van der Waals surface area (Å²) in [5, 5.41) is 11.8. The molecule has 2 aromatic heterocycles.